The van der Waals surface area contributed by atoms with E-state index in [1.54, 1.807) is 11.5 Å². The van der Waals surface area contributed by atoms with E-state index in [0.29, 0.717) is 10.6 Å². The van der Waals surface area contributed by atoms with E-state index >= 15 is 0 Å². The van der Waals surface area contributed by atoms with Crippen molar-refractivity contribution in [3.63, 3.8) is 0 Å². The fourth-order valence-electron chi connectivity index (χ4n) is 2.18. The van der Waals surface area contributed by atoms with Gasteiger partial charge in [0.1, 0.15) is 6.04 Å². The number of H-pyrrole nitrogens is 1. The van der Waals surface area contributed by atoms with Gasteiger partial charge in [0.15, 0.2) is 22.2 Å². The summed E-state index contributed by atoms with van der Waals surface area (Å²) in [5, 5.41) is 11.3. The third-order valence-corrected chi connectivity index (χ3v) is 4.55. The second-order valence-corrected chi connectivity index (χ2v) is 6.33. The van der Waals surface area contributed by atoms with Crippen molar-refractivity contribution >= 4 is 35.1 Å². The van der Waals surface area contributed by atoms with E-state index in [0.717, 1.165) is 17.0 Å². The fourth-order valence-corrected chi connectivity index (χ4v) is 3.18. The Morgan fingerprint density at radius 1 is 1.38 bits per heavy atom. The average Bonchev–Trinajstić information content (AvgIpc) is 3.19. The van der Waals surface area contributed by atoms with Crippen LogP contribution in [0.15, 0.2) is 35.7 Å². The highest BCUT2D eigenvalue weighted by molar-refractivity contribution is 7.71. The molecule has 0 saturated carbocycles. The number of aromatic amines is 1. The van der Waals surface area contributed by atoms with Gasteiger partial charge in [-0.1, -0.05) is 6.07 Å². The van der Waals surface area contributed by atoms with Gasteiger partial charge in [0.05, 0.1) is 4.88 Å². The highest BCUT2D eigenvalue weighted by Crippen LogP contribution is 2.26. The maximum Gasteiger partial charge on any atom is 0.247 e. The number of aromatic nitrogens is 3. The molecule has 0 radical (unpaired) electrons. The minimum absolute atomic E-state index is 0.165. The molecular formula is C15H12F2N4OS2. The van der Waals surface area contributed by atoms with Gasteiger partial charge in [-0.05, 0) is 42.7 Å². The molecule has 0 aliphatic heterocycles. The molecule has 0 fully saturated rings. The first-order chi connectivity index (χ1) is 11.5. The Morgan fingerprint density at radius 2 is 2.17 bits per heavy atom. The van der Waals surface area contributed by atoms with Crippen LogP contribution in [0.1, 0.15) is 13.0 Å². The minimum atomic E-state index is -1.03. The van der Waals surface area contributed by atoms with Crippen LogP contribution >= 0.6 is 23.6 Å². The SMILES string of the molecule is C[C@@H](C(=O)Nc1ccc(F)c(F)c1)n1c(-c2cccs2)n[nH]c1=S. The summed E-state index contributed by atoms with van der Waals surface area (Å²) in [7, 11) is 0. The van der Waals surface area contributed by atoms with E-state index in [2.05, 4.69) is 15.5 Å². The lowest BCUT2D eigenvalue weighted by molar-refractivity contribution is -0.118. The van der Waals surface area contributed by atoms with Gasteiger partial charge >= 0.3 is 0 Å². The van der Waals surface area contributed by atoms with Gasteiger partial charge in [0.2, 0.25) is 5.91 Å². The van der Waals surface area contributed by atoms with Gasteiger partial charge in [0, 0.05) is 11.8 Å². The Hall–Kier alpha value is -2.39. The molecule has 0 aliphatic carbocycles. The standard InChI is InChI=1S/C15H12F2N4OS2/c1-8(14(22)18-9-4-5-10(16)11(17)7-9)21-13(19-20-15(21)23)12-3-2-6-24-12/h2-8H,1H3,(H,18,22)(H,20,23)/t8-/m0/s1. The maximum absolute atomic E-state index is 13.3. The van der Waals surface area contributed by atoms with Crippen LogP contribution in [-0.4, -0.2) is 20.7 Å². The highest BCUT2D eigenvalue weighted by atomic mass is 32.1. The molecule has 0 unspecified atom stereocenters. The summed E-state index contributed by atoms with van der Waals surface area (Å²) in [6.07, 6.45) is 0. The molecule has 0 saturated heterocycles. The van der Waals surface area contributed by atoms with Crippen LogP contribution in [0.2, 0.25) is 0 Å². The van der Waals surface area contributed by atoms with Crippen LogP contribution in [0.25, 0.3) is 10.7 Å². The van der Waals surface area contributed by atoms with Crippen molar-refractivity contribution in [3.05, 3.63) is 52.1 Å². The number of hydrogen-bond donors (Lipinski definition) is 2. The average molecular weight is 366 g/mol. The minimum Gasteiger partial charge on any atom is -0.324 e. The van der Waals surface area contributed by atoms with E-state index in [4.69, 9.17) is 12.2 Å². The summed E-state index contributed by atoms with van der Waals surface area (Å²) in [4.78, 5) is 13.3. The quantitative estimate of drug-likeness (QED) is 0.682. The molecule has 124 valence electrons. The lowest BCUT2D eigenvalue weighted by Crippen LogP contribution is -2.24. The number of hydrogen-bond acceptors (Lipinski definition) is 4. The zero-order valence-electron chi connectivity index (χ0n) is 12.4. The Bertz CT molecular complexity index is 933. The Kier molecular flexibility index (Phi) is 4.54. The number of amides is 1. The maximum atomic E-state index is 13.3. The van der Waals surface area contributed by atoms with Gasteiger partial charge in [-0.3, -0.25) is 14.5 Å². The van der Waals surface area contributed by atoms with E-state index < -0.39 is 23.6 Å². The predicted octanol–water partition coefficient (Wildman–Crippen LogP) is 4.15. The first kappa shape index (κ1) is 16.5. The molecule has 2 heterocycles. The molecule has 0 spiro atoms. The number of nitrogens with one attached hydrogen (secondary N) is 2. The second-order valence-electron chi connectivity index (χ2n) is 4.99. The van der Waals surface area contributed by atoms with Crippen molar-refractivity contribution in [2.24, 2.45) is 0 Å². The van der Waals surface area contributed by atoms with E-state index in [1.807, 2.05) is 17.5 Å². The summed E-state index contributed by atoms with van der Waals surface area (Å²) < 4.78 is 28.1. The molecule has 2 aromatic heterocycles. The summed E-state index contributed by atoms with van der Waals surface area (Å²) in [6.45, 7) is 1.65. The lowest BCUT2D eigenvalue weighted by Gasteiger charge is -2.15. The smallest absolute Gasteiger partial charge is 0.247 e. The van der Waals surface area contributed by atoms with Gasteiger partial charge in [-0.2, -0.15) is 5.10 Å². The fraction of sp³-hybridized carbons (Fsp3) is 0.133. The molecule has 1 atom stereocenters. The van der Waals surface area contributed by atoms with E-state index in [9.17, 15) is 13.6 Å². The Balaban J connectivity index is 1.88. The van der Waals surface area contributed by atoms with Crippen LogP contribution in [-0.2, 0) is 4.79 Å². The molecule has 24 heavy (non-hydrogen) atoms. The molecule has 3 rings (SSSR count). The molecule has 5 nitrogen and oxygen atoms in total. The molecule has 2 N–H and O–H groups in total. The number of carbonyl (C=O) groups excluding carboxylic acids is 1. The number of benzene rings is 1. The number of rotatable bonds is 4. The topological polar surface area (TPSA) is 62.7 Å². The van der Waals surface area contributed by atoms with Crippen LogP contribution in [0, 0.1) is 16.4 Å². The molecule has 0 aliphatic rings. The summed E-state index contributed by atoms with van der Waals surface area (Å²) in [6, 6.07) is 6.21. The van der Waals surface area contributed by atoms with Gasteiger partial charge in [0.25, 0.3) is 0 Å². The molecule has 0 bridgehead atoms. The van der Waals surface area contributed by atoms with Crippen LogP contribution < -0.4 is 5.32 Å². The largest absolute Gasteiger partial charge is 0.324 e. The summed E-state index contributed by atoms with van der Waals surface area (Å²) in [5.74, 6) is -1.88. The zero-order valence-corrected chi connectivity index (χ0v) is 14.0. The molecule has 1 amide bonds. The summed E-state index contributed by atoms with van der Waals surface area (Å²) >= 11 is 6.67. The molecular weight excluding hydrogens is 354 g/mol. The lowest BCUT2D eigenvalue weighted by atomic mass is 10.2. The number of thiophene rings is 1. The summed E-state index contributed by atoms with van der Waals surface area (Å²) in [5.41, 5.74) is 0.165. The van der Waals surface area contributed by atoms with Crippen LogP contribution in [0.3, 0.4) is 0 Å². The van der Waals surface area contributed by atoms with Crippen LogP contribution in [0.5, 0.6) is 0 Å². The number of anilines is 1. The zero-order chi connectivity index (χ0) is 17.3. The molecule has 1 aromatic carbocycles. The normalized spacial score (nSPS) is 12.1. The van der Waals surface area contributed by atoms with Crippen molar-refractivity contribution in [1.82, 2.24) is 14.8 Å². The second kappa shape index (κ2) is 6.62. The highest BCUT2D eigenvalue weighted by Gasteiger charge is 2.21. The third-order valence-electron chi connectivity index (χ3n) is 3.40. The van der Waals surface area contributed by atoms with Crippen molar-refractivity contribution in [3.8, 4) is 10.7 Å². The monoisotopic (exact) mass is 366 g/mol. The van der Waals surface area contributed by atoms with E-state index in [-0.39, 0.29) is 5.69 Å². The Labute approximate surface area is 145 Å². The van der Waals surface area contributed by atoms with Gasteiger partial charge < -0.3 is 5.32 Å². The van der Waals surface area contributed by atoms with Crippen molar-refractivity contribution in [2.45, 2.75) is 13.0 Å². The van der Waals surface area contributed by atoms with Crippen molar-refractivity contribution in [2.75, 3.05) is 5.32 Å². The van der Waals surface area contributed by atoms with Gasteiger partial charge in [-0.25, -0.2) is 8.78 Å². The van der Waals surface area contributed by atoms with Gasteiger partial charge in [-0.15, -0.1) is 11.3 Å². The molecule has 9 heteroatoms. The van der Waals surface area contributed by atoms with Crippen molar-refractivity contribution < 1.29 is 13.6 Å². The van der Waals surface area contributed by atoms with Crippen molar-refractivity contribution in [1.29, 1.82) is 0 Å². The molecule has 3 aromatic rings. The first-order valence-corrected chi connectivity index (χ1v) is 8.23. The number of halogens is 2. The third kappa shape index (κ3) is 3.13. The predicted molar refractivity (Wildman–Crippen MR) is 90.4 cm³/mol. The number of carbonyl (C=O) groups is 1. The Morgan fingerprint density at radius 3 is 2.83 bits per heavy atom. The number of nitrogens with zero attached hydrogens (tertiary/aromatic N) is 2. The van der Waals surface area contributed by atoms with E-state index in [1.165, 1.54) is 17.4 Å². The first-order valence-electron chi connectivity index (χ1n) is 6.94. The van der Waals surface area contributed by atoms with Crippen LogP contribution in [0.4, 0.5) is 14.5 Å².